The third-order valence-electron chi connectivity index (χ3n) is 4.40. The lowest BCUT2D eigenvalue weighted by Gasteiger charge is -2.29. The van der Waals surface area contributed by atoms with E-state index in [1.165, 1.54) is 0 Å². The van der Waals surface area contributed by atoms with Gasteiger partial charge in [0.1, 0.15) is 5.60 Å². The second kappa shape index (κ2) is 9.97. The minimum Gasteiger partial charge on any atom is -0.444 e. The summed E-state index contributed by atoms with van der Waals surface area (Å²) in [7, 11) is 3.68. The van der Waals surface area contributed by atoms with Crippen molar-refractivity contribution in [2.45, 2.75) is 52.2 Å². The van der Waals surface area contributed by atoms with Gasteiger partial charge in [-0.3, -0.25) is 4.79 Å². The molecule has 7 heteroatoms. The highest BCUT2D eigenvalue weighted by Crippen LogP contribution is 2.28. The summed E-state index contributed by atoms with van der Waals surface area (Å²) in [5.74, 6) is -0.139. The molecular weight excluding hydrogens is 322 g/mol. The maximum Gasteiger partial charge on any atom is 0.410 e. The van der Waals surface area contributed by atoms with Gasteiger partial charge in [-0.15, -0.1) is 0 Å². The Hall–Kier alpha value is -1.34. The van der Waals surface area contributed by atoms with Crippen LogP contribution in [-0.4, -0.2) is 80.4 Å². The molecule has 1 aliphatic rings. The molecule has 0 radical (unpaired) electrons. The summed E-state index contributed by atoms with van der Waals surface area (Å²) in [6.07, 6.45) is 1.10. The Bertz CT molecular complexity index is 437. The van der Waals surface area contributed by atoms with Crippen molar-refractivity contribution in [3.05, 3.63) is 0 Å². The second-order valence-electron chi connectivity index (χ2n) is 7.63. The fraction of sp³-hybridized carbons (Fsp3) is 0.889. The van der Waals surface area contributed by atoms with Gasteiger partial charge in [0.25, 0.3) is 0 Å². The summed E-state index contributed by atoms with van der Waals surface area (Å²) in [5, 5.41) is 3.00. The molecule has 1 rings (SSSR count). The molecule has 1 heterocycles. The number of likely N-dealkylation sites (N-methyl/N-ethyl adjacent to an activating group) is 1. The maximum absolute atomic E-state index is 12.5. The quantitative estimate of drug-likeness (QED) is 0.716. The van der Waals surface area contributed by atoms with Crippen LogP contribution in [0.4, 0.5) is 4.79 Å². The smallest absolute Gasteiger partial charge is 0.410 e. The van der Waals surface area contributed by atoms with Gasteiger partial charge in [-0.05, 0) is 40.7 Å². The van der Waals surface area contributed by atoms with Crippen LogP contribution in [0, 0.1) is 5.92 Å². The van der Waals surface area contributed by atoms with Gasteiger partial charge in [0.2, 0.25) is 5.91 Å². The lowest BCUT2D eigenvalue weighted by Crippen LogP contribution is -2.45. The molecule has 1 aliphatic heterocycles. The number of methoxy groups -OCH3 is 1. The number of carbonyl (C=O) groups is 2. The maximum atomic E-state index is 12.5. The van der Waals surface area contributed by atoms with E-state index in [4.69, 9.17) is 9.47 Å². The van der Waals surface area contributed by atoms with Gasteiger partial charge in [0.15, 0.2) is 0 Å². The van der Waals surface area contributed by atoms with E-state index in [-0.39, 0.29) is 24.0 Å². The molecule has 0 saturated carbocycles. The Labute approximate surface area is 152 Å². The van der Waals surface area contributed by atoms with E-state index in [1.807, 2.05) is 34.7 Å². The molecule has 1 fully saturated rings. The van der Waals surface area contributed by atoms with Gasteiger partial charge >= 0.3 is 6.09 Å². The lowest BCUT2D eigenvalue weighted by atomic mass is 9.97. The van der Waals surface area contributed by atoms with Gasteiger partial charge in [-0.25, -0.2) is 4.79 Å². The van der Waals surface area contributed by atoms with Crippen LogP contribution in [0.2, 0.25) is 0 Å². The average molecular weight is 357 g/mol. The van der Waals surface area contributed by atoms with Crippen LogP contribution in [-0.2, 0) is 14.3 Å². The number of ether oxygens (including phenoxy) is 2. The third kappa shape index (κ3) is 7.20. The molecule has 1 N–H and O–H groups in total. The number of likely N-dealkylation sites (tertiary alicyclic amines) is 1. The lowest BCUT2D eigenvalue weighted by molar-refractivity contribution is -0.125. The molecule has 146 valence electrons. The topological polar surface area (TPSA) is 71.1 Å². The van der Waals surface area contributed by atoms with Crippen LogP contribution >= 0.6 is 0 Å². The standard InChI is InChI=1S/C18H35N3O4/c1-7-15-14(8-10-21(15)17(23)25-18(2,3)4)16(22)19-9-11-20(5)12-13-24-6/h14-15H,7-13H2,1-6H3,(H,19,22)/t14-,15-/m1/s1. The molecule has 25 heavy (non-hydrogen) atoms. The van der Waals surface area contributed by atoms with E-state index >= 15 is 0 Å². The molecule has 0 aromatic carbocycles. The Morgan fingerprint density at radius 3 is 2.52 bits per heavy atom. The molecule has 0 aromatic heterocycles. The van der Waals surface area contributed by atoms with Gasteiger partial charge in [-0.1, -0.05) is 6.92 Å². The molecule has 2 atom stereocenters. The van der Waals surface area contributed by atoms with E-state index in [2.05, 4.69) is 10.2 Å². The highest BCUT2D eigenvalue weighted by molar-refractivity contribution is 5.81. The number of hydrogen-bond acceptors (Lipinski definition) is 5. The number of carbonyl (C=O) groups excluding carboxylic acids is 2. The SMILES string of the molecule is CC[C@@H]1[C@H](C(=O)NCCN(C)CCOC)CCN1C(=O)OC(C)(C)C. The first-order chi connectivity index (χ1) is 11.7. The summed E-state index contributed by atoms with van der Waals surface area (Å²) in [4.78, 5) is 28.7. The van der Waals surface area contributed by atoms with Crippen molar-refractivity contribution in [3.63, 3.8) is 0 Å². The van der Waals surface area contributed by atoms with E-state index < -0.39 is 5.60 Å². The molecule has 0 bridgehead atoms. The zero-order valence-electron chi connectivity index (χ0n) is 16.6. The van der Waals surface area contributed by atoms with Gasteiger partial charge in [0, 0.05) is 39.3 Å². The fourth-order valence-electron chi connectivity index (χ4n) is 3.07. The molecule has 0 aliphatic carbocycles. The Kier molecular flexibility index (Phi) is 8.65. The second-order valence-corrected chi connectivity index (χ2v) is 7.63. The Morgan fingerprint density at radius 2 is 1.96 bits per heavy atom. The molecular formula is C18H35N3O4. The first kappa shape index (κ1) is 21.7. The largest absolute Gasteiger partial charge is 0.444 e. The van der Waals surface area contributed by atoms with E-state index in [1.54, 1.807) is 12.0 Å². The van der Waals surface area contributed by atoms with Crippen LogP contribution in [0.15, 0.2) is 0 Å². The summed E-state index contributed by atoms with van der Waals surface area (Å²) < 4.78 is 10.5. The van der Waals surface area contributed by atoms with Gasteiger partial charge in [-0.2, -0.15) is 0 Å². The molecule has 1 saturated heterocycles. The minimum absolute atomic E-state index is 0.0260. The van der Waals surface area contributed by atoms with Crippen LogP contribution in [0.3, 0.4) is 0 Å². The molecule has 7 nitrogen and oxygen atoms in total. The fourth-order valence-corrected chi connectivity index (χ4v) is 3.07. The zero-order chi connectivity index (χ0) is 19.0. The molecule has 0 unspecified atom stereocenters. The third-order valence-corrected chi connectivity index (χ3v) is 4.40. The summed E-state index contributed by atoms with van der Waals surface area (Å²) in [6, 6.07) is -0.0962. The van der Waals surface area contributed by atoms with Crippen molar-refractivity contribution in [2.24, 2.45) is 5.92 Å². The number of rotatable bonds is 8. The summed E-state index contributed by atoms with van der Waals surface area (Å²) in [5.41, 5.74) is -0.525. The van der Waals surface area contributed by atoms with Crippen molar-refractivity contribution >= 4 is 12.0 Å². The number of nitrogens with one attached hydrogen (secondary N) is 1. The van der Waals surface area contributed by atoms with Gasteiger partial charge < -0.3 is 24.6 Å². The zero-order valence-corrected chi connectivity index (χ0v) is 16.6. The van der Waals surface area contributed by atoms with Gasteiger partial charge in [0.05, 0.1) is 12.5 Å². The van der Waals surface area contributed by atoms with Crippen molar-refractivity contribution in [2.75, 3.05) is 46.9 Å². The van der Waals surface area contributed by atoms with Crippen LogP contribution in [0.1, 0.15) is 40.5 Å². The van der Waals surface area contributed by atoms with Crippen molar-refractivity contribution < 1.29 is 19.1 Å². The number of hydrogen-bond donors (Lipinski definition) is 1. The van der Waals surface area contributed by atoms with E-state index in [0.717, 1.165) is 19.5 Å². The van der Waals surface area contributed by atoms with Crippen LogP contribution in [0.25, 0.3) is 0 Å². The number of amides is 2. The molecule has 2 amide bonds. The predicted molar refractivity (Wildman–Crippen MR) is 97.5 cm³/mol. The minimum atomic E-state index is -0.525. The molecule has 0 spiro atoms. The first-order valence-corrected chi connectivity index (χ1v) is 9.14. The van der Waals surface area contributed by atoms with Crippen LogP contribution in [0.5, 0.6) is 0 Å². The molecule has 0 aromatic rings. The monoisotopic (exact) mass is 357 g/mol. The normalized spacial score (nSPS) is 20.8. The Balaban J connectivity index is 2.49. The number of nitrogens with zero attached hydrogens (tertiary/aromatic N) is 2. The van der Waals surface area contributed by atoms with E-state index in [0.29, 0.717) is 26.1 Å². The Morgan fingerprint density at radius 1 is 1.28 bits per heavy atom. The van der Waals surface area contributed by atoms with E-state index in [9.17, 15) is 9.59 Å². The van der Waals surface area contributed by atoms with Crippen molar-refractivity contribution in [1.29, 1.82) is 0 Å². The average Bonchev–Trinajstić information content (AvgIpc) is 2.95. The highest BCUT2D eigenvalue weighted by atomic mass is 16.6. The summed E-state index contributed by atoms with van der Waals surface area (Å²) >= 11 is 0. The van der Waals surface area contributed by atoms with Crippen molar-refractivity contribution in [1.82, 2.24) is 15.1 Å². The van der Waals surface area contributed by atoms with Crippen molar-refractivity contribution in [3.8, 4) is 0 Å². The predicted octanol–water partition coefficient (Wildman–Crippen LogP) is 1.72. The van der Waals surface area contributed by atoms with Crippen LogP contribution < -0.4 is 5.32 Å². The first-order valence-electron chi connectivity index (χ1n) is 9.14. The highest BCUT2D eigenvalue weighted by Gasteiger charge is 2.41. The summed E-state index contributed by atoms with van der Waals surface area (Å²) in [6.45, 7) is 11.0.